The summed E-state index contributed by atoms with van der Waals surface area (Å²) >= 11 is 0. The van der Waals surface area contributed by atoms with Crippen molar-refractivity contribution >= 4 is 16.7 Å². The van der Waals surface area contributed by atoms with Crippen LogP contribution in [0.3, 0.4) is 0 Å². The van der Waals surface area contributed by atoms with Gasteiger partial charge < -0.3 is 0 Å². The molecule has 0 N–H and O–H groups in total. The minimum Gasteiger partial charge on any atom is -0.233 e. The van der Waals surface area contributed by atoms with Gasteiger partial charge in [-0.15, -0.1) is 13.2 Å². The van der Waals surface area contributed by atoms with E-state index in [4.69, 9.17) is 24.9 Å². The largest absolute Gasteiger partial charge is 0.233 e. The predicted octanol–water partition coefficient (Wildman–Crippen LogP) is 14.2. The first-order chi connectivity index (χ1) is 30.5. The highest BCUT2D eigenvalue weighted by molar-refractivity contribution is 5.74. The molecule has 0 fully saturated rings. The molecule has 4 atom stereocenters. The second kappa shape index (κ2) is 20.3. The molecule has 0 amide bonds. The van der Waals surface area contributed by atoms with Crippen LogP contribution in [-0.2, 0) is 0 Å². The molecule has 2 aromatic heterocycles. The van der Waals surface area contributed by atoms with Crippen molar-refractivity contribution in [3.63, 3.8) is 0 Å². The molecule has 5 aliphatic carbocycles. The molecule has 1 aromatic carbocycles. The lowest BCUT2D eigenvalue weighted by molar-refractivity contribution is 0.486. The molecule has 0 aliphatic heterocycles. The van der Waals surface area contributed by atoms with E-state index in [2.05, 4.69) is 167 Å². The zero-order valence-corrected chi connectivity index (χ0v) is 36.2. The van der Waals surface area contributed by atoms with Crippen molar-refractivity contribution in [3.05, 3.63) is 228 Å². The summed E-state index contributed by atoms with van der Waals surface area (Å²) in [5.41, 5.74) is 11.3. The Kier molecular flexibility index (Phi) is 13.8. The van der Waals surface area contributed by atoms with Crippen molar-refractivity contribution in [2.75, 3.05) is 0 Å². The molecule has 5 heteroatoms. The summed E-state index contributed by atoms with van der Waals surface area (Å²) in [5, 5.41) is 0. The summed E-state index contributed by atoms with van der Waals surface area (Å²) < 4.78 is 0. The van der Waals surface area contributed by atoms with Crippen molar-refractivity contribution < 1.29 is 0 Å². The van der Waals surface area contributed by atoms with Crippen LogP contribution in [-0.4, -0.2) is 24.9 Å². The molecule has 2 heterocycles. The molecule has 5 aliphatic rings. The van der Waals surface area contributed by atoms with Gasteiger partial charge in [-0.25, -0.2) is 24.9 Å². The van der Waals surface area contributed by atoms with E-state index in [-0.39, 0.29) is 11.8 Å². The second-order valence-electron chi connectivity index (χ2n) is 16.6. The first kappa shape index (κ1) is 42.1. The monoisotopic (exact) mass is 811 g/mol. The van der Waals surface area contributed by atoms with Crippen LogP contribution in [0.5, 0.6) is 0 Å². The fraction of sp³-hybridized carbons (Fsp3) is 0.246. The van der Waals surface area contributed by atoms with Gasteiger partial charge in [0.05, 0.1) is 11.4 Å². The lowest BCUT2D eigenvalue weighted by Crippen LogP contribution is -2.14. The molecule has 0 radical (unpaired) electrons. The maximum absolute atomic E-state index is 5.35. The van der Waals surface area contributed by atoms with E-state index < -0.39 is 0 Å². The van der Waals surface area contributed by atoms with Gasteiger partial charge in [0.25, 0.3) is 0 Å². The Morgan fingerprint density at radius 2 is 1.61 bits per heavy atom. The Balaban J connectivity index is 1.13. The third-order valence-electron chi connectivity index (χ3n) is 12.2. The van der Waals surface area contributed by atoms with E-state index in [1.165, 1.54) is 11.1 Å². The number of allylic oxidation sites excluding steroid dienone is 28. The molecule has 8 rings (SSSR count). The van der Waals surface area contributed by atoms with Gasteiger partial charge in [-0.1, -0.05) is 165 Å². The molecule has 0 bridgehead atoms. The summed E-state index contributed by atoms with van der Waals surface area (Å²) in [6, 6.07) is 12.5. The van der Waals surface area contributed by atoms with Gasteiger partial charge in [-0.3, -0.25) is 0 Å². The van der Waals surface area contributed by atoms with Gasteiger partial charge in [0.1, 0.15) is 5.82 Å². The zero-order valence-electron chi connectivity index (χ0n) is 36.2. The molecule has 62 heavy (non-hydrogen) atoms. The van der Waals surface area contributed by atoms with Gasteiger partial charge >= 0.3 is 0 Å². The van der Waals surface area contributed by atoms with Gasteiger partial charge in [0.2, 0.25) is 0 Å². The van der Waals surface area contributed by atoms with E-state index in [1.54, 1.807) is 0 Å². The highest BCUT2D eigenvalue weighted by atomic mass is 15.0. The maximum atomic E-state index is 5.35. The highest BCUT2D eigenvalue weighted by Gasteiger charge is 2.25. The van der Waals surface area contributed by atoms with Crippen molar-refractivity contribution in [1.82, 2.24) is 24.9 Å². The Morgan fingerprint density at radius 3 is 2.40 bits per heavy atom. The van der Waals surface area contributed by atoms with Crippen LogP contribution >= 0.6 is 0 Å². The lowest BCUT2D eigenvalue weighted by Gasteiger charge is -2.25. The number of rotatable bonds is 14. The molecule has 5 nitrogen and oxygen atoms in total. The van der Waals surface area contributed by atoms with Crippen molar-refractivity contribution in [2.45, 2.75) is 77.0 Å². The van der Waals surface area contributed by atoms with Crippen LogP contribution < -0.4 is 0 Å². The zero-order chi connectivity index (χ0) is 42.7. The average Bonchev–Trinajstić information content (AvgIpc) is 3.63. The summed E-state index contributed by atoms with van der Waals surface area (Å²) in [6.45, 7) is 12.4. The van der Waals surface area contributed by atoms with Crippen LogP contribution in [0.2, 0.25) is 0 Å². The first-order valence-corrected chi connectivity index (χ1v) is 22.3. The second-order valence-corrected chi connectivity index (χ2v) is 16.6. The van der Waals surface area contributed by atoms with E-state index in [1.807, 2.05) is 24.3 Å². The molecular weight excluding hydrogens is 755 g/mol. The van der Waals surface area contributed by atoms with E-state index in [0.717, 1.165) is 114 Å². The number of benzene rings is 1. The summed E-state index contributed by atoms with van der Waals surface area (Å²) in [7, 11) is 0. The minimum atomic E-state index is -0.0922. The van der Waals surface area contributed by atoms with Gasteiger partial charge in [-0.05, 0) is 115 Å². The summed E-state index contributed by atoms with van der Waals surface area (Å²) in [5.74, 6) is 3.63. The molecule has 0 spiro atoms. The quantitative estimate of drug-likeness (QED) is 0.120. The van der Waals surface area contributed by atoms with Crippen molar-refractivity contribution in [1.29, 1.82) is 0 Å². The van der Waals surface area contributed by atoms with Crippen molar-refractivity contribution in [3.8, 4) is 11.4 Å². The molecular formula is C57H57N5. The van der Waals surface area contributed by atoms with Gasteiger partial charge in [0.15, 0.2) is 17.5 Å². The SMILES string of the molecule is C=CCC(C=C)C1C=CC=C(c2nc(C3=CCCC=C3)cc(C3C=C(C(/C=C\C)=C/C(C)c4nc(C5=CC=C(C6=CC=CCC=C6)CC5)nc(-c5ccccc5)n4)C=CC3)n2)C1. The van der Waals surface area contributed by atoms with Crippen LogP contribution in [0.15, 0.2) is 199 Å². The summed E-state index contributed by atoms with van der Waals surface area (Å²) in [6.07, 6.45) is 53.9. The van der Waals surface area contributed by atoms with Crippen molar-refractivity contribution in [2.24, 2.45) is 11.8 Å². The van der Waals surface area contributed by atoms with Crippen LogP contribution in [0.1, 0.15) is 106 Å². The standard InChI is InChI=1S/C57H57N5/c1-5-20-41(7-3)48-28-19-31-51(38-48)57-58-52(44-24-14-10-15-25-44)39-53(59-57)50-30-18-29-49(37-50)47(21-6-2)36-40(4)54-60-55(45-26-16-11-17-27-45)62-56(61-54)46-34-32-43(33-35-46)42-22-12-8-9-13-23-42/h5-8,11-14,16-19,21-29,31-32,34,36-37,39-41,48,50H,1,3,9-10,15,20,30,33,35,38H2,2,4H3/b21-6-,47-36+. The topological polar surface area (TPSA) is 64.5 Å². The Morgan fingerprint density at radius 1 is 0.790 bits per heavy atom. The Hall–Kier alpha value is -6.59. The molecule has 0 saturated carbocycles. The van der Waals surface area contributed by atoms with E-state index >= 15 is 0 Å². The molecule has 3 aromatic rings. The van der Waals surface area contributed by atoms with Crippen LogP contribution in [0.4, 0.5) is 0 Å². The van der Waals surface area contributed by atoms with Crippen LogP contribution in [0.25, 0.3) is 28.1 Å². The third-order valence-corrected chi connectivity index (χ3v) is 12.2. The van der Waals surface area contributed by atoms with E-state index in [9.17, 15) is 0 Å². The number of hydrogen-bond donors (Lipinski definition) is 0. The third kappa shape index (κ3) is 10.1. The molecule has 0 saturated heterocycles. The Labute approximate surface area is 368 Å². The summed E-state index contributed by atoms with van der Waals surface area (Å²) in [4.78, 5) is 25.9. The number of aromatic nitrogens is 5. The highest BCUT2D eigenvalue weighted by Crippen LogP contribution is 2.37. The van der Waals surface area contributed by atoms with Gasteiger partial charge in [0, 0.05) is 17.4 Å². The number of hydrogen-bond acceptors (Lipinski definition) is 5. The van der Waals surface area contributed by atoms with Crippen LogP contribution in [0, 0.1) is 11.8 Å². The minimum absolute atomic E-state index is 0.0785. The molecule has 4 unspecified atom stereocenters. The predicted molar refractivity (Wildman–Crippen MR) is 260 cm³/mol. The van der Waals surface area contributed by atoms with E-state index in [0.29, 0.717) is 17.7 Å². The van der Waals surface area contributed by atoms with Gasteiger partial charge in [-0.2, -0.15) is 0 Å². The maximum Gasteiger partial charge on any atom is 0.163 e. The lowest BCUT2D eigenvalue weighted by atomic mass is 9.81. The fourth-order valence-corrected chi connectivity index (χ4v) is 8.72. The Bertz CT molecular complexity index is 2590. The normalized spacial score (nSPS) is 21.0. The fourth-order valence-electron chi connectivity index (χ4n) is 8.72. The number of nitrogens with zero attached hydrogens (tertiary/aromatic N) is 5. The first-order valence-electron chi connectivity index (χ1n) is 22.3. The molecule has 310 valence electrons. The smallest absolute Gasteiger partial charge is 0.163 e. The average molecular weight is 812 g/mol.